The molecule has 0 aliphatic heterocycles. The average molecular weight is 241 g/mol. The third-order valence-electron chi connectivity index (χ3n) is 1.86. The number of phenols is 1. The van der Waals surface area contributed by atoms with Crippen LogP contribution >= 0.6 is 0 Å². The number of phenolic OH excluding ortho intramolecular Hbond substituents is 1. The number of ether oxygens (including phenoxy) is 1. The molecule has 2 N–H and O–H groups in total. The molecule has 1 amide bonds. The smallest absolute Gasteiger partial charge is 0.407 e. The Morgan fingerprint density at radius 1 is 1.47 bits per heavy atom. The molecule has 0 bridgehead atoms. The fourth-order valence-corrected chi connectivity index (χ4v) is 1.18. The van der Waals surface area contributed by atoms with Crippen LogP contribution in [0.1, 0.15) is 26.3 Å². The maximum atomic E-state index is 12.9. The second kappa shape index (κ2) is 5.03. The number of amides is 1. The van der Waals surface area contributed by atoms with Crippen LogP contribution in [0.4, 0.5) is 9.18 Å². The van der Waals surface area contributed by atoms with Crippen LogP contribution in [0.5, 0.6) is 5.75 Å². The predicted octanol–water partition coefficient (Wildman–Crippen LogP) is 2.56. The van der Waals surface area contributed by atoms with E-state index in [2.05, 4.69) is 5.32 Å². The van der Waals surface area contributed by atoms with Crippen molar-refractivity contribution in [3.8, 4) is 5.75 Å². The molecule has 94 valence electrons. The van der Waals surface area contributed by atoms with E-state index in [0.717, 1.165) is 12.1 Å². The van der Waals surface area contributed by atoms with Crippen LogP contribution in [0.15, 0.2) is 18.2 Å². The zero-order valence-electron chi connectivity index (χ0n) is 10.1. The number of halogens is 1. The van der Waals surface area contributed by atoms with Gasteiger partial charge in [0.2, 0.25) is 0 Å². The van der Waals surface area contributed by atoms with Crippen LogP contribution in [0.2, 0.25) is 0 Å². The number of carbonyl (C=O) groups is 1. The number of alkyl carbamates (subject to hydrolysis) is 1. The van der Waals surface area contributed by atoms with Crippen molar-refractivity contribution in [1.82, 2.24) is 5.32 Å². The van der Waals surface area contributed by atoms with Crippen LogP contribution in [-0.2, 0) is 11.3 Å². The largest absolute Gasteiger partial charge is 0.508 e. The van der Waals surface area contributed by atoms with Crippen molar-refractivity contribution < 1.29 is 19.0 Å². The summed E-state index contributed by atoms with van der Waals surface area (Å²) < 4.78 is 17.9. The van der Waals surface area contributed by atoms with E-state index in [1.54, 1.807) is 20.8 Å². The first-order chi connectivity index (χ1) is 7.78. The van der Waals surface area contributed by atoms with E-state index < -0.39 is 17.5 Å². The highest BCUT2D eigenvalue weighted by Crippen LogP contribution is 2.17. The third-order valence-corrected chi connectivity index (χ3v) is 1.86. The van der Waals surface area contributed by atoms with Gasteiger partial charge in [-0.25, -0.2) is 9.18 Å². The lowest BCUT2D eigenvalue weighted by atomic mass is 10.2. The summed E-state index contributed by atoms with van der Waals surface area (Å²) in [6.07, 6.45) is -0.610. The topological polar surface area (TPSA) is 58.6 Å². The van der Waals surface area contributed by atoms with Crippen LogP contribution < -0.4 is 5.32 Å². The van der Waals surface area contributed by atoms with Crippen molar-refractivity contribution in [2.75, 3.05) is 0 Å². The zero-order valence-corrected chi connectivity index (χ0v) is 10.1. The van der Waals surface area contributed by atoms with Gasteiger partial charge in [-0.2, -0.15) is 0 Å². The second-order valence-electron chi connectivity index (χ2n) is 4.63. The van der Waals surface area contributed by atoms with Crippen LogP contribution in [0, 0.1) is 5.82 Å². The van der Waals surface area contributed by atoms with Gasteiger partial charge in [0.25, 0.3) is 0 Å². The fourth-order valence-electron chi connectivity index (χ4n) is 1.18. The molecule has 0 atom stereocenters. The molecule has 1 aromatic carbocycles. The molecule has 4 nitrogen and oxygen atoms in total. The monoisotopic (exact) mass is 241 g/mol. The van der Waals surface area contributed by atoms with Gasteiger partial charge in [0.05, 0.1) is 0 Å². The second-order valence-corrected chi connectivity index (χ2v) is 4.63. The summed E-state index contributed by atoms with van der Waals surface area (Å²) in [6, 6.07) is 3.54. The first kappa shape index (κ1) is 13.3. The Hall–Kier alpha value is -1.78. The van der Waals surface area contributed by atoms with Crippen LogP contribution in [0.25, 0.3) is 0 Å². The normalized spacial score (nSPS) is 11.1. The molecule has 0 aromatic heterocycles. The van der Waals surface area contributed by atoms with Gasteiger partial charge in [-0.05, 0) is 39.0 Å². The molecular formula is C12H16FNO3. The van der Waals surface area contributed by atoms with E-state index in [4.69, 9.17) is 4.74 Å². The van der Waals surface area contributed by atoms with Gasteiger partial charge in [0, 0.05) is 12.1 Å². The zero-order chi connectivity index (χ0) is 13.1. The fraction of sp³-hybridized carbons (Fsp3) is 0.417. The minimum absolute atomic E-state index is 0.0124. The number of hydrogen-bond acceptors (Lipinski definition) is 3. The highest BCUT2D eigenvalue weighted by Gasteiger charge is 2.16. The Labute approximate surface area is 99.4 Å². The number of aromatic hydroxyl groups is 1. The van der Waals surface area contributed by atoms with E-state index in [1.807, 2.05) is 0 Å². The third kappa shape index (κ3) is 4.72. The molecule has 1 aromatic rings. The summed E-state index contributed by atoms with van der Waals surface area (Å²) in [7, 11) is 0. The lowest BCUT2D eigenvalue weighted by Gasteiger charge is -2.19. The highest BCUT2D eigenvalue weighted by atomic mass is 19.1. The van der Waals surface area contributed by atoms with E-state index in [-0.39, 0.29) is 12.3 Å². The van der Waals surface area contributed by atoms with Crippen molar-refractivity contribution in [3.05, 3.63) is 29.6 Å². The molecule has 0 spiro atoms. The molecule has 0 aliphatic carbocycles. The molecule has 0 aliphatic rings. The lowest BCUT2D eigenvalue weighted by molar-refractivity contribution is 0.0523. The van der Waals surface area contributed by atoms with Crippen LogP contribution in [0.3, 0.4) is 0 Å². The number of nitrogens with one attached hydrogen (secondary N) is 1. The molecular weight excluding hydrogens is 225 g/mol. The summed E-state index contributed by atoms with van der Waals surface area (Å²) in [6.45, 7) is 5.24. The predicted molar refractivity (Wildman–Crippen MR) is 61.1 cm³/mol. The molecule has 17 heavy (non-hydrogen) atoms. The summed E-state index contributed by atoms with van der Waals surface area (Å²) >= 11 is 0. The SMILES string of the molecule is CC(C)(C)OC(=O)NCc1cc(F)ccc1O. The summed E-state index contributed by atoms with van der Waals surface area (Å²) in [4.78, 5) is 11.3. The first-order valence-electron chi connectivity index (χ1n) is 5.22. The van der Waals surface area contributed by atoms with E-state index in [1.165, 1.54) is 6.07 Å². The van der Waals surface area contributed by atoms with Gasteiger partial charge >= 0.3 is 6.09 Å². The summed E-state index contributed by atoms with van der Waals surface area (Å²) in [5, 5.41) is 11.9. The summed E-state index contributed by atoms with van der Waals surface area (Å²) in [5.74, 6) is -0.536. The van der Waals surface area contributed by atoms with Crippen molar-refractivity contribution >= 4 is 6.09 Å². The quantitative estimate of drug-likeness (QED) is 0.836. The maximum absolute atomic E-state index is 12.9. The van der Waals surface area contributed by atoms with Gasteiger partial charge in [0.1, 0.15) is 17.2 Å². The Morgan fingerprint density at radius 2 is 2.12 bits per heavy atom. The lowest BCUT2D eigenvalue weighted by Crippen LogP contribution is -2.32. The highest BCUT2D eigenvalue weighted by molar-refractivity contribution is 5.67. The minimum atomic E-state index is -0.610. The Kier molecular flexibility index (Phi) is 3.93. The van der Waals surface area contributed by atoms with E-state index >= 15 is 0 Å². The molecule has 0 radical (unpaired) electrons. The number of benzene rings is 1. The molecule has 5 heteroatoms. The molecule has 0 fully saturated rings. The van der Waals surface area contributed by atoms with Gasteiger partial charge in [0.15, 0.2) is 0 Å². The van der Waals surface area contributed by atoms with Crippen molar-refractivity contribution in [2.24, 2.45) is 0 Å². The van der Waals surface area contributed by atoms with E-state index in [0.29, 0.717) is 5.56 Å². The van der Waals surface area contributed by atoms with Gasteiger partial charge < -0.3 is 15.2 Å². The van der Waals surface area contributed by atoms with Crippen molar-refractivity contribution in [3.63, 3.8) is 0 Å². The van der Waals surface area contributed by atoms with Gasteiger partial charge in [-0.3, -0.25) is 0 Å². The molecule has 0 unspecified atom stereocenters. The maximum Gasteiger partial charge on any atom is 0.407 e. The van der Waals surface area contributed by atoms with Gasteiger partial charge in [-0.15, -0.1) is 0 Å². The molecule has 0 saturated carbocycles. The number of carbonyl (C=O) groups excluding carboxylic acids is 1. The number of hydrogen-bond donors (Lipinski definition) is 2. The summed E-state index contributed by atoms with van der Waals surface area (Å²) in [5.41, 5.74) is -0.287. The molecule has 0 heterocycles. The Balaban J connectivity index is 2.56. The van der Waals surface area contributed by atoms with Crippen molar-refractivity contribution in [1.29, 1.82) is 0 Å². The standard InChI is InChI=1S/C12H16FNO3/c1-12(2,3)17-11(16)14-7-8-6-9(13)4-5-10(8)15/h4-6,15H,7H2,1-3H3,(H,14,16). The van der Waals surface area contributed by atoms with Crippen molar-refractivity contribution in [2.45, 2.75) is 32.9 Å². The number of rotatable bonds is 2. The first-order valence-corrected chi connectivity index (χ1v) is 5.22. The van der Waals surface area contributed by atoms with Gasteiger partial charge in [-0.1, -0.05) is 0 Å². The Bertz CT molecular complexity index is 413. The molecule has 1 rings (SSSR count). The van der Waals surface area contributed by atoms with Crippen LogP contribution in [-0.4, -0.2) is 16.8 Å². The average Bonchev–Trinajstić information content (AvgIpc) is 2.17. The minimum Gasteiger partial charge on any atom is -0.508 e. The Morgan fingerprint density at radius 3 is 2.71 bits per heavy atom. The molecule has 0 saturated heterocycles. The van der Waals surface area contributed by atoms with E-state index in [9.17, 15) is 14.3 Å².